The second kappa shape index (κ2) is 4.66. The number of hydrogen-bond acceptors (Lipinski definition) is 3. The molecule has 3 nitrogen and oxygen atoms in total. The van der Waals surface area contributed by atoms with Crippen LogP contribution >= 0.6 is 11.8 Å². The zero-order valence-corrected chi connectivity index (χ0v) is 7.03. The van der Waals surface area contributed by atoms with Crippen molar-refractivity contribution in [3.8, 4) is 0 Å². The van der Waals surface area contributed by atoms with Gasteiger partial charge in [0.15, 0.2) is 0 Å². The quantitative estimate of drug-likeness (QED) is 0.679. The SMILES string of the molecule is NC(CSC(F)(F)C(F)F)C(=O)O. The molecule has 8 heteroatoms. The molecule has 0 rings (SSSR count). The summed E-state index contributed by atoms with van der Waals surface area (Å²) in [6, 6.07) is -1.56. The normalized spacial score (nSPS) is 14.6. The Balaban J connectivity index is 3.95. The van der Waals surface area contributed by atoms with Crippen molar-refractivity contribution in [1.82, 2.24) is 0 Å². The van der Waals surface area contributed by atoms with E-state index in [1.807, 2.05) is 0 Å². The Morgan fingerprint density at radius 2 is 2.00 bits per heavy atom. The molecule has 0 aliphatic carbocycles. The van der Waals surface area contributed by atoms with Crippen LogP contribution in [0.15, 0.2) is 0 Å². The van der Waals surface area contributed by atoms with Gasteiger partial charge in [-0.1, -0.05) is 11.8 Å². The Hall–Kier alpha value is -0.500. The molecule has 0 aromatic carbocycles. The van der Waals surface area contributed by atoms with Gasteiger partial charge in [0.2, 0.25) is 0 Å². The van der Waals surface area contributed by atoms with Gasteiger partial charge in [0.05, 0.1) is 0 Å². The zero-order valence-electron chi connectivity index (χ0n) is 6.21. The first kappa shape index (κ1) is 12.5. The Morgan fingerprint density at radius 1 is 1.54 bits per heavy atom. The van der Waals surface area contributed by atoms with Crippen LogP contribution in [0.1, 0.15) is 0 Å². The van der Waals surface area contributed by atoms with Crippen LogP contribution in [0.4, 0.5) is 17.6 Å². The zero-order chi connectivity index (χ0) is 10.6. The number of carboxylic acids is 1. The predicted molar refractivity (Wildman–Crippen MR) is 39.0 cm³/mol. The second-order valence-electron chi connectivity index (χ2n) is 2.12. The molecule has 3 N–H and O–H groups in total. The molecule has 0 amide bonds. The van der Waals surface area contributed by atoms with Crippen LogP contribution in [0.3, 0.4) is 0 Å². The van der Waals surface area contributed by atoms with Gasteiger partial charge in [0.25, 0.3) is 0 Å². The van der Waals surface area contributed by atoms with Crippen LogP contribution < -0.4 is 5.73 Å². The molecule has 13 heavy (non-hydrogen) atoms. The van der Waals surface area contributed by atoms with Crippen molar-refractivity contribution < 1.29 is 27.5 Å². The summed E-state index contributed by atoms with van der Waals surface area (Å²) < 4.78 is 47.3. The average molecular weight is 221 g/mol. The Labute approximate surface area is 75.3 Å². The highest BCUT2D eigenvalue weighted by atomic mass is 32.2. The van der Waals surface area contributed by atoms with Gasteiger partial charge in [-0.05, 0) is 0 Å². The molecule has 0 fully saturated rings. The van der Waals surface area contributed by atoms with Gasteiger partial charge < -0.3 is 10.8 Å². The standard InChI is InChI=1S/C5H7F4NO2S/c6-4(7)5(8,9)13-1-2(10)3(11)12/h2,4H,1,10H2,(H,11,12). The lowest BCUT2D eigenvalue weighted by Crippen LogP contribution is -2.35. The van der Waals surface area contributed by atoms with Gasteiger partial charge >= 0.3 is 17.6 Å². The number of alkyl halides is 4. The summed E-state index contributed by atoms with van der Waals surface area (Å²) in [5, 5.41) is 3.90. The minimum absolute atomic E-state index is 0.466. The van der Waals surface area contributed by atoms with Crippen molar-refractivity contribution in [2.75, 3.05) is 5.75 Å². The van der Waals surface area contributed by atoms with E-state index in [4.69, 9.17) is 10.8 Å². The molecule has 0 aliphatic heterocycles. The van der Waals surface area contributed by atoms with Crippen LogP contribution in [0.2, 0.25) is 0 Å². The lowest BCUT2D eigenvalue weighted by atomic mass is 10.4. The molecule has 0 aromatic heterocycles. The van der Waals surface area contributed by atoms with Crippen molar-refractivity contribution in [1.29, 1.82) is 0 Å². The fraction of sp³-hybridized carbons (Fsp3) is 0.800. The highest BCUT2D eigenvalue weighted by Gasteiger charge is 2.41. The first-order chi connectivity index (χ1) is 5.77. The van der Waals surface area contributed by atoms with Gasteiger partial charge in [0, 0.05) is 5.75 Å². The first-order valence-electron chi connectivity index (χ1n) is 3.05. The smallest absolute Gasteiger partial charge is 0.353 e. The molecule has 0 radical (unpaired) electrons. The summed E-state index contributed by atoms with van der Waals surface area (Å²) in [4.78, 5) is 10.0. The van der Waals surface area contributed by atoms with E-state index in [9.17, 15) is 22.4 Å². The van der Waals surface area contributed by atoms with E-state index in [0.29, 0.717) is 0 Å². The molecule has 78 valence electrons. The van der Waals surface area contributed by atoms with Gasteiger partial charge in [-0.2, -0.15) is 8.78 Å². The Bertz CT molecular complexity index is 189. The molecule has 0 spiro atoms. The number of aliphatic carboxylic acids is 1. The van der Waals surface area contributed by atoms with Crippen LogP contribution in [0.25, 0.3) is 0 Å². The molecule has 1 unspecified atom stereocenters. The monoisotopic (exact) mass is 221 g/mol. The lowest BCUT2D eigenvalue weighted by Gasteiger charge is -2.15. The number of nitrogens with two attached hydrogens (primary N) is 1. The number of thioether (sulfide) groups is 1. The largest absolute Gasteiger partial charge is 0.480 e. The van der Waals surface area contributed by atoms with Gasteiger partial charge in [-0.3, -0.25) is 4.79 Å². The van der Waals surface area contributed by atoms with Crippen molar-refractivity contribution in [3.05, 3.63) is 0 Å². The van der Waals surface area contributed by atoms with E-state index >= 15 is 0 Å². The number of carbonyl (C=O) groups is 1. The van der Waals surface area contributed by atoms with Gasteiger partial charge in [-0.25, -0.2) is 8.78 Å². The fourth-order valence-corrected chi connectivity index (χ4v) is 1.01. The van der Waals surface area contributed by atoms with E-state index < -0.39 is 41.2 Å². The van der Waals surface area contributed by atoms with Crippen molar-refractivity contribution >= 4 is 17.7 Å². The van der Waals surface area contributed by atoms with Crippen molar-refractivity contribution in [2.45, 2.75) is 17.7 Å². The van der Waals surface area contributed by atoms with Crippen molar-refractivity contribution in [3.63, 3.8) is 0 Å². The number of carboxylic acid groups (broad SMARTS) is 1. The first-order valence-corrected chi connectivity index (χ1v) is 4.04. The molecule has 0 saturated carbocycles. The van der Waals surface area contributed by atoms with Gasteiger partial charge in [0.1, 0.15) is 6.04 Å². The third-order valence-electron chi connectivity index (χ3n) is 1.03. The van der Waals surface area contributed by atoms with E-state index in [1.54, 1.807) is 0 Å². The summed E-state index contributed by atoms with van der Waals surface area (Å²) in [6.45, 7) is 0. The summed E-state index contributed by atoms with van der Waals surface area (Å²) >= 11 is -0.466. The fourth-order valence-electron chi connectivity index (χ4n) is 0.335. The topological polar surface area (TPSA) is 63.3 Å². The summed E-state index contributed by atoms with van der Waals surface area (Å²) in [5.41, 5.74) is 4.83. The van der Waals surface area contributed by atoms with E-state index in [2.05, 4.69) is 0 Å². The molecule has 1 atom stereocenters. The van der Waals surface area contributed by atoms with Crippen LogP contribution in [-0.2, 0) is 4.79 Å². The number of rotatable bonds is 5. The van der Waals surface area contributed by atoms with E-state index in [0.717, 1.165) is 0 Å². The van der Waals surface area contributed by atoms with Crippen LogP contribution in [0.5, 0.6) is 0 Å². The molecular formula is C5H7F4NO2S. The summed E-state index contributed by atoms with van der Waals surface area (Å²) in [7, 11) is 0. The molecule has 0 aromatic rings. The maximum Gasteiger partial charge on any atom is 0.353 e. The predicted octanol–water partition coefficient (Wildman–Crippen LogP) is 0.989. The number of hydrogen-bond donors (Lipinski definition) is 2. The van der Waals surface area contributed by atoms with E-state index in [-0.39, 0.29) is 0 Å². The minimum atomic E-state index is -4.24. The van der Waals surface area contributed by atoms with Crippen LogP contribution in [0, 0.1) is 0 Å². The molecule has 0 heterocycles. The summed E-state index contributed by atoms with van der Waals surface area (Å²) in [6.07, 6.45) is -3.82. The minimum Gasteiger partial charge on any atom is -0.480 e. The van der Waals surface area contributed by atoms with Gasteiger partial charge in [-0.15, -0.1) is 0 Å². The molecule has 0 aliphatic rings. The molecular weight excluding hydrogens is 214 g/mol. The molecule has 0 bridgehead atoms. The highest BCUT2D eigenvalue weighted by Crippen LogP contribution is 2.35. The maximum absolute atomic E-state index is 12.1. The van der Waals surface area contributed by atoms with E-state index in [1.165, 1.54) is 0 Å². The number of halogens is 4. The highest BCUT2D eigenvalue weighted by molar-refractivity contribution is 8.00. The molecule has 0 saturated heterocycles. The third-order valence-corrected chi connectivity index (χ3v) is 2.12. The Morgan fingerprint density at radius 3 is 2.31 bits per heavy atom. The summed E-state index contributed by atoms with van der Waals surface area (Å²) in [5.74, 6) is -2.26. The third kappa shape index (κ3) is 4.32. The average Bonchev–Trinajstić information content (AvgIpc) is 1.99. The second-order valence-corrected chi connectivity index (χ2v) is 3.28. The van der Waals surface area contributed by atoms with Crippen LogP contribution in [-0.4, -0.2) is 34.6 Å². The van der Waals surface area contributed by atoms with Crippen molar-refractivity contribution in [2.24, 2.45) is 5.73 Å². The maximum atomic E-state index is 12.1. The lowest BCUT2D eigenvalue weighted by molar-refractivity contribution is -0.137. The Kier molecular flexibility index (Phi) is 4.48.